The van der Waals surface area contributed by atoms with Crippen LogP contribution in [0.25, 0.3) is 9.65 Å². The number of carbonyl (C=O) groups excluding carboxylic acids is 2. The van der Waals surface area contributed by atoms with Gasteiger partial charge in [0, 0.05) is 23.8 Å². The van der Waals surface area contributed by atoms with E-state index in [1.807, 2.05) is 54.6 Å². The molecule has 1 amide bonds. The van der Waals surface area contributed by atoms with Crippen molar-refractivity contribution in [1.82, 2.24) is 8.88 Å². The molecule has 0 aliphatic heterocycles. The number of halogens is 4. The van der Waals surface area contributed by atoms with E-state index in [0.29, 0.717) is 29.2 Å². The fraction of sp³-hybridized carbons (Fsp3) is 0.596. The molecule has 0 radical (unpaired) electrons. The van der Waals surface area contributed by atoms with Crippen molar-refractivity contribution >= 4 is 92.3 Å². The molecule has 6 unspecified atom stereocenters. The molecule has 12 saturated carbocycles. The number of alkyl halides is 1. The number of hydrogen-bond acceptors (Lipinski definition) is 7. The largest absolute Gasteiger partial charge is 0.255 e. The first-order valence-electron chi connectivity index (χ1n) is 24.4. The average Bonchev–Trinajstić information content (AvgIpc) is 3.56. The van der Waals surface area contributed by atoms with Gasteiger partial charge < -0.3 is 21.3 Å². The van der Waals surface area contributed by atoms with Gasteiger partial charge in [0.05, 0.1) is 25.3 Å². The minimum atomic E-state index is -1.00. The maximum atomic E-state index is 12.9. The number of hydrogen-bond donors (Lipinski definition) is 5. The second-order valence-corrected chi connectivity index (χ2v) is 27.0. The fourth-order valence-electron chi connectivity index (χ4n) is 15.9. The predicted octanol–water partition coefficient (Wildman–Crippen LogP) is 9.49. The fourth-order valence-corrected chi connectivity index (χ4v) is 20.0. The van der Waals surface area contributed by atoms with Gasteiger partial charge in [-0.3, -0.25) is 14.0 Å². The quantitative estimate of drug-likeness (QED) is 0.0775. The van der Waals surface area contributed by atoms with Crippen molar-refractivity contribution in [2.75, 3.05) is 7.15 Å². The Kier molecular flexibility index (Phi) is 13.7. The van der Waals surface area contributed by atoms with E-state index in [0.717, 1.165) is 113 Å². The Balaban J connectivity index is 0.000000114. The van der Waals surface area contributed by atoms with Crippen LogP contribution in [0.3, 0.4) is 0 Å². The number of fused-ring (bicyclic) bond motifs is 1. The van der Waals surface area contributed by atoms with E-state index in [4.69, 9.17) is 18.7 Å². The molecule has 4 aromatic rings. The maximum Gasteiger partial charge on any atom is 0.0785 e. The average molecular weight is 1210 g/mol. The van der Waals surface area contributed by atoms with Crippen molar-refractivity contribution in [3.63, 3.8) is 0 Å². The summed E-state index contributed by atoms with van der Waals surface area (Å²) < 4.78 is 20.8. The number of aromatic nitrogens is 1. The van der Waals surface area contributed by atoms with Gasteiger partial charge in [0.25, 0.3) is 11.1 Å². The smallest absolute Gasteiger partial charge is 0.0785 e. The van der Waals surface area contributed by atoms with Crippen molar-refractivity contribution in [2.24, 2.45) is 41.2 Å². The Morgan fingerprint density at radius 3 is 1.58 bits per heavy atom. The first kappa shape index (κ1) is 48.0. The van der Waals surface area contributed by atoms with Crippen LogP contribution in [0.2, 0.25) is 0 Å². The van der Waals surface area contributed by atoms with Crippen LogP contribution in [0.4, 0.5) is 4.39 Å². The molecule has 6 N–H and O–H groups in total. The summed E-state index contributed by atoms with van der Waals surface area (Å²) in [6, 6.07) is 23.0. The van der Waals surface area contributed by atoms with E-state index in [1.54, 1.807) is 12.1 Å². The Morgan fingerprint density at radius 1 is 0.697 bits per heavy atom. The third-order valence-corrected chi connectivity index (χ3v) is 21.4. The zero-order valence-corrected chi connectivity index (χ0v) is 44.1. The molecule has 12 aliphatic rings. The summed E-state index contributed by atoms with van der Waals surface area (Å²) in [5.41, 5.74) is 6.20. The molecular formula is C52H63ClFI2N3O6Se. The van der Waals surface area contributed by atoms with Crippen molar-refractivity contribution in [1.29, 1.82) is 0 Å². The molecule has 12 bridgehead atoms. The first-order valence-corrected chi connectivity index (χ1v) is 27.8. The van der Waals surface area contributed by atoms with Gasteiger partial charge in [-0.15, -0.1) is 0 Å². The van der Waals surface area contributed by atoms with Crippen LogP contribution >= 0.6 is 56.8 Å². The molecule has 1 heterocycles. The van der Waals surface area contributed by atoms with E-state index >= 15 is 0 Å². The SMILES string of the molecule is NC12CC3CC(C1)CC(O)(C3)C2.O=C(Cl)c1ccccc1I.O=C(NC12CC3CC(CC(O)(C3)C1)C2)c1ccccc1I.O=c1c2ccccc2[se]n1C12CC3CC(CC(O)(C3)C1)C2.[2H]CF. The monoisotopic (exact) mass is 1210 g/mol. The van der Waals surface area contributed by atoms with E-state index in [2.05, 4.69) is 60.1 Å². The van der Waals surface area contributed by atoms with Gasteiger partial charge in [0.2, 0.25) is 0 Å². The summed E-state index contributed by atoms with van der Waals surface area (Å²) in [6.45, 7) is 0. The normalized spacial score (nSPS) is 38.9. The van der Waals surface area contributed by atoms with Crippen LogP contribution in [0.15, 0.2) is 77.6 Å². The minimum absolute atomic E-state index is 0.0127. The Labute approximate surface area is 427 Å². The van der Waals surface area contributed by atoms with Crippen LogP contribution in [-0.4, -0.2) is 79.8 Å². The number of rotatable bonds is 4. The molecule has 0 spiro atoms. The van der Waals surface area contributed by atoms with Gasteiger partial charge in [-0.25, -0.2) is 0 Å². The summed E-state index contributed by atoms with van der Waals surface area (Å²) in [4.78, 5) is 36.2. The van der Waals surface area contributed by atoms with Crippen molar-refractivity contribution < 1.29 is 30.7 Å². The van der Waals surface area contributed by atoms with E-state index in [9.17, 15) is 34.1 Å². The zero-order chi connectivity index (χ0) is 47.6. The maximum absolute atomic E-state index is 12.9. The Bertz CT molecular complexity index is 2500. The molecule has 0 saturated heterocycles. The summed E-state index contributed by atoms with van der Waals surface area (Å²) in [5, 5.41) is 35.6. The molecule has 3 aromatic carbocycles. The van der Waals surface area contributed by atoms with E-state index in [1.165, 1.54) is 36.4 Å². The molecular weight excluding hydrogens is 1150 g/mol. The number of benzene rings is 3. The number of carbonyl (C=O) groups is 2. The molecule has 12 aliphatic carbocycles. The van der Waals surface area contributed by atoms with Gasteiger partial charge in [-0.05, 0) is 182 Å². The van der Waals surface area contributed by atoms with Crippen molar-refractivity contribution in [3.05, 3.63) is 101 Å². The third kappa shape index (κ3) is 10.1. The van der Waals surface area contributed by atoms with Gasteiger partial charge in [-0.2, -0.15) is 0 Å². The summed E-state index contributed by atoms with van der Waals surface area (Å²) in [5.74, 6) is 3.93. The molecule has 356 valence electrons. The summed E-state index contributed by atoms with van der Waals surface area (Å²) in [6.07, 6.45) is 18.8. The molecule has 1 aromatic heterocycles. The van der Waals surface area contributed by atoms with Crippen LogP contribution in [0, 0.1) is 42.6 Å². The Hall–Kier alpha value is -1.69. The second kappa shape index (κ2) is 18.8. The zero-order valence-electron chi connectivity index (χ0n) is 38.3. The van der Waals surface area contributed by atoms with Crippen LogP contribution in [-0.2, 0) is 5.54 Å². The number of amides is 1. The second-order valence-electron chi connectivity index (χ2n) is 22.3. The number of nitrogens with one attached hydrogen (secondary N) is 1. The molecule has 66 heavy (non-hydrogen) atoms. The molecule has 12 fully saturated rings. The molecule has 16 rings (SSSR count). The van der Waals surface area contributed by atoms with Crippen LogP contribution < -0.4 is 16.6 Å². The predicted molar refractivity (Wildman–Crippen MR) is 275 cm³/mol. The summed E-state index contributed by atoms with van der Waals surface area (Å²) in [7, 11) is -1.00. The molecule has 14 heteroatoms. The number of aliphatic hydroxyl groups is 3. The van der Waals surface area contributed by atoms with Gasteiger partial charge >= 0.3 is 129 Å². The first-order chi connectivity index (χ1) is 31.7. The van der Waals surface area contributed by atoms with Crippen LogP contribution in [0.1, 0.15) is 138 Å². The summed E-state index contributed by atoms with van der Waals surface area (Å²) >= 11 is 9.64. The number of nitrogens with zero attached hydrogens (tertiary/aromatic N) is 1. The van der Waals surface area contributed by atoms with Gasteiger partial charge in [-0.1, -0.05) is 24.3 Å². The van der Waals surface area contributed by atoms with E-state index < -0.39 is 23.6 Å². The molecule has 6 atom stereocenters. The standard InChI is InChI=1S/C17H20INO2.C17H19NO2Se.C10H17NO.C7H4ClIO.CH3F/c18-14-4-2-1-3-13(14)15(20)19-16-6-11-5-12(7-16)9-17(21,8-11)10-16;19-15-13-3-1-2-4-14(13)21-18(15)16-6-11-5-12(7-16)9-17(20,8-11)10-16;11-9-2-7-1-8(3-9)5-10(12,4-7)6-9;8-7(10)5-3-1-2-4-6(5)9;1-2/h1-4,11-12,21H,5-10H2,(H,19,20);1-4,11-12,20H,5-10H2;7-8,12H,1-6,11H2;1-4H;1H3/i;;;;1D. The van der Waals surface area contributed by atoms with E-state index in [-0.39, 0.29) is 48.4 Å². The third-order valence-electron chi connectivity index (χ3n) is 16.6. The van der Waals surface area contributed by atoms with Crippen molar-refractivity contribution in [2.45, 2.75) is 149 Å². The Morgan fingerprint density at radius 2 is 1.14 bits per heavy atom. The number of nitrogens with two attached hydrogens (primary N) is 1. The minimum Gasteiger partial charge on any atom is -0.255 e. The van der Waals surface area contributed by atoms with Crippen molar-refractivity contribution in [3.8, 4) is 0 Å². The molecule has 9 nitrogen and oxygen atoms in total. The van der Waals surface area contributed by atoms with Gasteiger partial charge in [0.15, 0.2) is 0 Å². The van der Waals surface area contributed by atoms with Crippen LogP contribution in [0.5, 0.6) is 0 Å². The topological polar surface area (TPSA) is 155 Å². The van der Waals surface area contributed by atoms with Gasteiger partial charge in [0.1, 0.15) is 0 Å².